The number of nitrogen functional groups attached to an aromatic ring is 1. The number of benzene rings is 2. The molecule has 5 heteroatoms. The predicted octanol–water partition coefficient (Wildman–Crippen LogP) is 4.53. The monoisotopic (exact) mass is 352 g/mol. The maximum absolute atomic E-state index is 12.8. The molecule has 136 valence electrons. The summed E-state index contributed by atoms with van der Waals surface area (Å²) in [6, 6.07) is 10.5. The van der Waals surface area contributed by atoms with Crippen molar-refractivity contribution in [3.05, 3.63) is 46.6 Å². The quantitative estimate of drug-likeness (QED) is 0.215. The summed E-state index contributed by atoms with van der Waals surface area (Å²) in [6.07, 6.45) is 5.69. The first-order chi connectivity index (χ1) is 12.6. The lowest BCUT2D eigenvalue weighted by molar-refractivity contribution is -0.134. The van der Waals surface area contributed by atoms with Crippen molar-refractivity contribution in [3.63, 3.8) is 0 Å². The zero-order valence-electron chi connectivity index (χ0n) is 15.0. The molecule has 0 radical (unpaired) electrons. The highest BCUT2D eigenvalue weighted by Gasteiger charge is 2.14. The normalized spacial score (nSPS) is 11.1. The Morgan fingerprint density at radius 2 is 1.85 bits per heavy atom. The first-order valence-electron chi connectivity index (χ1n) is 9.15. The van der Waals surface area contributed by atoms with E-state index in [2.05, 4.69) is 11.9 Å². The number of pyridine rings is 1. The zero-order valence-corrected chi connectivity index (χ0v) is 15.0. The number of H-pyrrole nitrogens is 1. The summed E-state index contributed by atoms with van der Waals surface area (Å²) in [5.41, 5.74) is 7.37. The molecule has 0 saturated heterocycles. The molecule has 3 rings (SSSR count). The number of carbonyl (C=O) groups excluding carboxylic acids is 1. The highest BCUT2D eigenvalue weighted by molar-refractivity contribution is 6.01. The van der Waals surface area contributed by atoms with Gasteiger partial charge in [-0.05, 0) is 30.7 Å². The van der Waals surface area contributed by atoms with Crippen molar-refractivity contribution in [3.8, 4) is 5.75 Å². The highest BCUT2D eigenvalue weighted by Crippen LogP contribution is 2.28. The van der Waals surface area contributed by atoms with Crippen LogP contribution in [0, 0.1) is 0 Å². The predicted molar refractivity (Wildman–Crippen MR) is 105 cm³/mol. The second-order valence-corrected chi connectivity index (χ2v) is 6.54. The molecule has 0 fully saturated rings. The summed E-state index contributed by atoms with van der Waals surface area (Å²) in [7, 11) is 0. The Morgan fingerprint density at radius 3 is 2.65 bits per heavy atom. The molecular weight excluding hydrogens is 328 g/mol. The Bertz CT molecular complexity index is 992. The van der Waals surface area contributed by atoms with Crippen LogP contribution in [0.5, 0.6) is 5.75 Å². The van der Waals surface area contributed by atoms with Crippen molar-refractivity contribution in [2.24, 2.45) is 0 Å². The average Bonchev–Trinajstić information content (AvgIpc) is 2.64. The Hall–Kier alpha value is -2.82. The third-order valence-electron chi connectivity index (χ3n) is 4.57. The number of aromatic amines is 1. The van der Waals surface area contributed by atoms with E-state index in [4.69, 9.17) is 10.5 Å². The number of rotatable bonds is 7. The van der Waals surface area contributed by atoms with E-state index in [1.165, 1.54) is 12.8 Å². The molecule has 0 aliphatic heterocycles. The molecule has 0 saturated carbocycles. The number of esters is 1. The van der Waals surface area contributed by atoms with Gasteiger partial charge in [-0.25, -0.2) is 0 Å². The summed E-state index contributed by atoms with van der Waals surface area (Å²) in [4.78, 5) is 28.1. The van der Waals surface area contributed by atoms with Gasteiger partial charge in [0.05, 0.1) is 10.9 Å². The number of hydrogen-bond donors (Lipinski definition) is 2. The SMILES string of the molecule is CCCCCCCC(=O)Oc1ccc(N)c2c(=O)c3ccccc3[nH]c12. The van der Waals surface area contributed by atoms with Gasteiger partial charge < -0.3 is 15.5 Å². The van der Waals surface area contributed by atoms with Gasteiger partial charge in [-0.1, -0.05) is 44.7 Å². The van der Waals surface area contributed by atoms with E-state index in [0.29, 0.717) is 39.7 Å². The summed E-state index contributed by atoms with van der Waals surface area (Å²) in [5, 5.41) is 0.919. The Kier molecular flexibility index (Phi) is 5.56. The third-order valence-corrected chi connectivity index (χ3v) is 4.57. The second kappa shape index (κ2) is 8.04. The van der Waals surface area contributed by atoms with Crippen molar-refractivity contribution in [2.75, 3.05) is 5.73 Å². The fourth-order valence-corrected chi connectivity index (χ4v) is 3.16. The maximum Gasteiger partial charge on any atom is 0.311 e. The number of para-hydroxylation sites is 1. The minimum Gasteiger partial charge on any atom is -0.424 e. The number of aromatic nitrogens is 1. The van der Waals surface area contributed by atoms with Crippen molar-refractivity contribution in [2.45, 2.75) is 45.4 Å². The number of unbranched alkanes of at least 4 members (excludes halogenated alkanes) is 4. The number of hydrogen-bond acceptors (Lipinski definition) is 4. The van der Waals surface area contributed by atoms with Crippen molar-refractivity contribution in [1.82, 2.24) is 4.98 Å². The van der Waals surface area contributed by atoms with Crippen LogP contribution in [0.3, 0.4) is 0 Å². The van der Waals surface area contributed by atoms with Gasteiger partial charge in [0.1, 0.15) is 0 Å². The molecule has 0 unspecified atom stereocenters. The summed E-state index contributed by atoms with van der Waals surface area (Å²) >= 11 is 0. The first kappa shape index (κ1) is 18.0. The van der Waals surface area contributed by atoms with E-state index in [1.54, 1.807) is 18.2 Å². The molecule has 2 aromatic carbocycles. The van der Waals surface area contributed by atoms with Gasteiger partial charge in [0, 0.05) is 23.0 Å². The largest absolute Gasteiger partial charge is 0.424 e. The number of anilines is 1. The number of nitrogens with one attached hydrogen (secondary N) is 1. The average molecular weight is 352 g/mol. The van der Waals surface area contributed by atoms with E-state index in [-0.39, 0.29) is 11.4 Å². The zero-order chi connectivity index (χ0) is 18.5. The van der Waals surface area contributed by atoms with Crippen molar-refractivity contribution < 1.29 is 9.53 Å². The third kappa shape index (κ3) is 3.72. The van der Waals surface area contributed by atoms with Crippen LogP contribution < -0.4 is 15.9 Å². The van der Waals surface area contributed by atoms with E-state index in [1.807, 2.05) is 18.2 Å². The molecule has 0 bridgehead atoms. The molecular formula is C21H24N2O3. The topological polar surface area (TPSA) is 85.2 Å². The Balaban J connectivity index is 1.88. The van der Waals surface area contributed by atoms with Crippen LogP contribution in [0.1, 0.15) is 45.4 Å². The molecule has 0 amide bonds. The lowest BCUT2D eigenvalue weighted by Crippen LogP contribution is -2.11. The van der Waals surface area contributed by atoms with Crippen LogP contribution in [0.4, 0.5) is 5.69 Å². The van der Waals surface area contributed by atoms with E-state index in [9.17, 15) is 9.59 Å². The molecule has 5 nitrogen and oxygen atoms in total. The lowest BCUT2D eigenvalue weighted by Gasteiger charge is -2.11. The molecule has 26 heavy (non-hydrogen) atoms. The number of ether oxygens (including phenoxy) is 1. The Labute approximate surface area is 152 Å². The standard InChI is InChI=1S/C21H24N2O3/c1-2-3-4-5-6-11-18(24)26-17-13-12-15(22)19-20(17)23-16-10-8-7-9-14(16)21(19)25/h7-10,12-13H,2-6,11,22H2,1H3,(H,23,25). The van der Waals surface area contributed by atoms with Crippen LogP contribution >= 0.6 is 0 Å². The van der Waals surface area contributed by atoms with Gasteiger partial charge in [-0.15, -0.1) is 0 Å². The van der Waals surface area contributed by atoms with Crippen LogP contribution in [-0.2, 0) is 4.79 Å². The summed E-state index contributed by atoms with van der Waals surface area (Å²) in [6.45, 7) is 2.16. The number of fused-ring (bicyclic) bond motifs is 2. The molecule has 0 atom stereocenters. The molecule has 0 aliphatic rings. The fourth-order valence-electron chi connectivity index (χ4n) is 3.16. The van der Waals surface area contributed by atoms with E-state index in [0.717, 1.165) is 19.3 Å². The maximum atomic E-state index is 12.8. The van der Waals surface area contributed by atoms with Crippen LogP contribution in [0.15, 0.2) is 41.2 Å². The minimum absolute atomic E-state index is 0.163. The van der Waals surface area contributed by atoms with Gasteiger partial charge in [0.15, 0.2) is 11.2 Å². The molecule has 0 spiro atoms. The molecule has 0 aliphatic carbocycles. The van der Waals surface area contributed by atoms with Gasteiger partial charge in [0.2, 0.25) is 0 Å². The molecule has 3 N–H and O–H groups in total. The van der Waals surface area contributed by atoms with Crippen LogP contribution in [0.25, 0.3) is 21.8 Å². The van der Waals surface area contributed by atoms with Gasteiger partial charge in [-0.2, -0.15) is 0 Å². The van der Waals surface area contributed by atoms with Gasteiger partial charge in [0.25, 0.3) is 0 Å². The van der Waals surface area contributed by atoms with Crippen molar-refractivity contribution >= 4 is 33.5 Å². The fraction of sp³-hybridized carbons (Fsp3) is 0.333. The smallest absolute Gasteiger partial charge is 0.311 e. The second-order valence-electron chi connectivity index (χ2n) is 6.54. The molecule has 1 heterocycles. The van der Waals surface area contributed by atoms with E-state index < -0.39 is 0 Å². The van der Waals surface area contributed by atoms with Crippen molar-refractivity contribution in [1.29, 1.82) is 0 Å². The number of carbonyl (C=O) groups is 1. The summed E-state index contributed by atoms with van der Waals surface area (Å²) < 4.78 is 5.53. The summed E-state index contributed by atoms with van der Waals surface area (Å²) in [5.74, 6) is 0.0530. The molecule has 1 aromatic heterocycles. The first-order valence-corrected chi connectivity index (χ1v) is 9.15. The highest BCUT2D eigenvalue weighted by atomic mass is 16.5. The minimum atomic E-state index is -0.290. The Morgan fingerprint density at radius 1 is 1.08 bits per heavy atom. The van der Waals surface area contributed by atoms with Gasteiger partial charge >= 0.3 is 5.97 Å². The van der Waals surface area contributed by atoms with Crippen LogP contribution in [-0.4, -0.2) is 11.0 Å². The molecule has 3 aromatic rings. The van der Waals surface area contributed by atoms with Crippen LogP contribution in [0.2, 0.25) is 0 Å². The number of nitrogens with two attached hydrogens (primary N) is 1. The van der Waals surface area contributed by atoms with Gasteiger partial charge in [-0.3, -0.25) is 9.59 Å². The lowest BCUT2D eigenvalue weighted by atomic mass is 10.1. The van der Waals surface area contributed by atoms with E-state index >= 15 is 0 Å².